The summed E-state index contributed by atoms with van der Waals surface area (Å²) in [6, 6.07) is 4.05. The number of benzene rings is 1. The van der Waals surface area contributed by atoms with Gasteiger partial charge in [0.05, 0.1) is 17.6 Å². The van der Waals surface area contributed by atoms with Crippen molar-refractivity contribution in [2.45, 2.75) is 26.4 Å². The highest BCUT2D eigenvalue weighted by Gasteiger charge is 2.24. The topological polar surface area (TPSA) is 92.9 Å². The number of methoxy groups -OCH3 is 1. The van der Waals surface area contributed by atoms with Gasteiger partial charge >= 0.3 is 5.69 Å². The number of nitrogens with zero attached hydrogens (tertiary/aromatic N) is 2. The summed E-state index contributed by atoms with van der Waals surface area (Å²) in [6.45, 7) is 5.51. The third kappa shape index (κ3) is 4.42. The molecule has 7 heteroatoms. The van der Waals surface area contributed by atoms with Crippen LogP contribution >= 0.6 is 0 Å². The molecule has 0 bridgehead atoms. The predicted octanol–water partition coefficient (Wildman–Crippen LogP) is 1.84. The Kier molecular flexibility index (Phi) is 5.26. The van der Waals surface area contributed by atoms with Crippen molar-refractivity contribution in [2.24, 2.45) is 0 Å². The number of nitro groups is 1. The van der Waals surface area contributed by atoms with Crippen LogP contribution in [0.5, 0.6) is 5.75 Å². The van der Waals surface area contributed by atoms with Crippen LogP contribution in [0.25, 0.3) is 0 Å². The molecule has 21 heavy (non-hydrogen) atoms. The Bertz CT molecular complexity index is 537. The lowest BCUT2D eigenvalue weighted by atomic mass is 10.1. The van der Waals surface area contributed by atoms with Gasteiger partial charge in [-0.3, -0.25) is 14.9 Å². The first-order valence-electron chi connectivity index (χ1n) is 6.53. The monoisotopic (exact) mass is 296 g/mol. The van der Waals surface area contributed by atoms with Crippen molar-refractivity contribution in [3.63, 3.8) is 0 Å². The molecule has 0 aliphatic heterocycles. The molecule has 0 aliphatic carbocycles. The van der Waals surface area contributed by atoms with Crippen LogP contribution in [0.3, 0.4) is 0 Å². The molecule has 1 amide bonds. The first-order valence-corrected chi connectivity index (χ1v) is 6.53. The van der Waals surface area contributed by atoms with Gasteiger partial charge in [0.15, 0.2) is 5.75 Å². The molecule has 7 nitrogen and oxygen atoms in total. The van der Waals surface area contributed by atoms with Crippen LogP contribution in [-0.2, 0) is 0 Å². The van der Waals surface area contributed by atoms with E-state index in [0.717, 1.165) is 0 Å². The normalized spacial score (nSPS) is 11.1. The minimum Gasteiger partial charge on any atom is -0.490 e. The Labute approximate surface area is 123 Å². The molecule has 0 fully saturated rings. The van der Waals surface area contributed by atoms with Crippen molar-refractivity contribution in [3.05, 3.63) is 33.9 Å². The first kappa shape index (κ1) is 16.9. The number of hydrogen-bond acceptors (Lipinski definition) is 5. The molecule has 0 saturated carbocycles. The molecule has 0 unspecified atom stereocenters. The molecule has 0 atom stereocenters. The van der Waals surface area contributed by atoms with E-state index in [-0.39, 0.29) is 29.5 Å². The molecule has 1 N–H and O–H groups in total. The zero-order valence-corrected chi connectivity index (χ0v) is 12.6. The van der Waals surface area contributed by atoms with E-state index < -0.39 is 10.5 Å². The molecule has 0 aromatic heterocycles. The van der Waals surface area contributed by atoms with Crippen LogP contribution in [0.4, 0.5) is 5.69 Å². The number of hydrogen-bond donors (Lipinski definition) is 1. The molecular formula is C14H20N2O5. The number of aliphatic hydroxyl groups is 1. The Balaban J connectivity index is 3.11. The van der Waals surface area contributed by atoms with Gasteiger partial charge < -0.3 is 14.7 Å². The fraction of sp³-hybridized carbons (Fsp3) is 0.500. The van der Waals surface area contributed by atoms with Crippen LogP contribution < -0.4 is 4.74 Å². The van der Waals surface area contributed by atoms with Gasteiger partial charge in [-0.15, -0.1) is 0 Å². The van der Waals surface area contributed by atoms with Gasteiger partial charge in [0, 0.05) is 24.7 Å². The lowest BCUT2D eigenvalue weighted by Crippen LogP contribution is -2.42. The number of ether oxygens (including phenoxy) is 1. The van der Waals surface area contributed by atoms with Crippen LogP contribution in [0.1, 0.15) is 31.1 Å². The van der Waals surface area contributed by atoms with Crippen LogP contribution in [0.15, 0.2) is 18.2 Å². The minimum absolute atomic E-state index is 0.0992. The predicted molar refractivity (Wildman–Crippen MR) is 77.5 cm³/mol. The van der Waals surface area contributed by atoms with Gasteiger partial charge in [0.25, 0.3) is 5.91 Å². The highest BCUT2D eigenvalue weighted by molar-refractivity contribution is 5.95. The molecule has 1 aromatic carbocycles. The Morgan fingerprint density at radius 2 is 2.10 bits per heavy atom. The second-order valence-corrected chi connectivity index (χ2v) is 5.28. The first-order chi connectivity index (χ1) is 9.69. The summed E-state index contributed by atoms with van der Waals surface area (Å²) < 4.78 is 4.90. The van der Waals surface area contributed by atoms with E-state index in [1.165, 1.54) is 30.2 Å². The molecule has 0 spiro atoms. The maximum atomic E-state index is 12.4. The molecule has 116 valence electrons. The quantitative estimate of drug-likeness (QED) is 0.638. The maximum Gasteiger partial charge on any atom is 0.311 e. The summed E-state index contributed by atoms with van der Waals surface area (Å²) in [6.07, 6.45) is 0. The lowest BCUT2D eigenvalue weighted by molar-refractivity contribution is -0.385. The van der Waals surface area contributed by atoms with Gasteiger partial charge in [0.2, 0.25) is 0 Å². The van der Waals surface area contributed by atoms with Gasteiger partial charge in [-0.2, -0.15) is 0 Å². The summed E-state index contributed by atoms with van der Waals surface area (Å²) >= 11 is 0. The van der Waals surface area contributed by atoms with E-state index >= 15 is 0 Å². The van der Waals surface area contributed by atoms with E-state index in [0.29, 0.717) is 6.54 Å². The Morgan fingerprint density at radius 1 is 1.48 bits per heavy atom. The smallest absolute Gasteiger partial charge is 0.311 e. The summed E-state index contributed by atoms with van der Waals surface area (Å²) in [5, 5.41) is 20.8. The van der Waals surface area contributed by atoms with Crippen molar-refractivity contribution >= 4 is 11.6 Å². The standard InChI is InChI=1S/C14H20N2O5/c1-5-15(9-14(2,3)18)13(17)10-6-7-12(21-4)11(8-10)16(19)20/h6-8,18H,5,9H2,1-4H3. The molecule has 1 aromatic rings. The third-order valence-electron chi connectivity index (χ3n) is 2.87. The van der Waals surface area contributed by atoms with E-state index in [2.05, 4.69) is 0 Å². The number of carbonyl (C=O) groups excluding carboxylic acids is 1. The van der Waals surface area contributed by atoms with Crippen molar-refractivity contribution in [3.8, 4) is 5.75 Å². The summed E-state index contributed by atoms with van der Waals surface area (Å²) in [4.78, 5) is 24.2. The van der Waals surface area contributed by atoms with Gasteiger partial charge in [-0.1, -0.05) is 0 Å². The van der Waals surface area contributed by atoms with Gasteiger partial charge in [-0.25, -0.2) is 0 Å². The van der Waals surface area contributed by atoms with Crippen molar-refractivity contribution in [1.29, 1.82) is 0 Å². The van der Waals surface area contributed by atoms with E-state index in [4.69, 9.17) is 4.74 Å². The number of rotatable bonds is 6. The van der Waals surface area contributed by atoms with Crippen LogP contribution in [0, 0.1) is 10.1 Å². The maximum absolute atomic E-state index is 12.4. The number of nitro benzene ring substituents is 1. The van der Waals surface area contributed by atoms with Crippen molar-refractivity contribution < 1.29 is 19.6 Å². The summed E-state index contributed by atoms with van der Waals surface area (Å²) in [5.74, 6) is -0.271. The van der Waals surface area contributed by atoms with Gasteiger partial charge in [0.1, 0.15) is 0 Å². The average molecular weight is 296 g/mol. The van der Waals surface area contributed by atoms with Crippen LogP contribution in [0.2, 0.25) is 0 Å². The SMILES string of the molecule is CCN(CC(C)(C)O)C(=O)c1ccc(OC)c([N+](=O)[O-])c1. The van der Waals surface area contributed by atoms with Crippen molar-refractivity contribution in [2.75, 3.05) is 20.2 Å². The summed E-state index contributed by atoms with van der Waals surface area (Å²) in [5.41, 5.74) is -1.11. The molecule has 0 radical (unpaired) electrons. The highest BCUT2D eigenvalue weighted by Crippen LogP contribution is 2.28. The zero-order valence-electron chi connectivity index (χ0n) is 12.6. The second kappa shape index (κ2) is 6.53. The molecule has 0 aliphatic rings. The van der Waals surface area contributed by atoms with Crippen LogP contribution in [-0.4, -0.2) is 46.6 Å². The Morgan fingerprint density at radius 3 is 2.52 bits per heavy atom. The summed E-state index contributed by atoms with van der Waals surface area (Å²) in [7, 11) is 1.33. The zero-order chi connectivity index (χ0) is 16.2. The van der Waals surface area contributed by atoms with E-state index in [1.807, 2.05) is 0 Å². The molecular weight excluding hydrogens is 276 g/mol. The largest absolute Gasteiger partial charge is 0.490 e. The molecule has 0 heterocycles. The number of likely N-dealkylation sites (N-methyl/N-ethyl adjacent to an activating group) is 1. The second-order valence-electron chi connectivity index (χ2n) is 5.28. The Hall–Kier alpha value is -2.15. The average Bonchev–Trinajstić information content (AvgIpc) is 2.42. The fourth-order valence-electron chi connectivity index (χ4n) is 1.94. The van der Waals surface area contributed by atoms with E-state index in [1.54, 1.807) is 20.8 Å². The third-order valence-corrected chi connectivity index (χ3v) is 2.87. The molecule has 1 rings (SSSR count). The lowest BCUT2D eigenvalue weighted by Gasteiger charge is -2.28. The number of carbonyl (C=O) groups is 1. The van der Waals surface area contributed by atoms with Gasteiger partial charge in [-0.05, 0) is 32.9 Å². The fourth-order valence-corrected chi connectivity index (χ4v) is 1.94. The highest BCUT2D eigenvalue weighted by atomic mass is 16.6. The van der Waals surface area contributed by atoms with Crippen molar-refractivity contribution in [1.82, 2.24) is 4.90 Å². The number of amides is 1. The minimum atomic E-state index is -1.04. The molecule has 0 saturated heterocycles. The van der Waals surface area contributed by atoms with E-state index in [9.17, 15) is 20.0 Å².